The maximum absolute atomic E-state index is 5.98. The van der Waals surface area contributed by atoms with E-state index in [4.69, 9.17) is 21.1 Å². The number of aromatic nitrogens is 2. The number of rotatable bonds is 4. The Hall–Kier alpha value is -2.33. The van der Waals surface area contributed by atoms with Gasteiger partial charge in [0, 0.05) is 0 Å². The van der Waals surface area contributed by atoms with E-state index in [2.05, 4.69) is 9.97 Å². The molecule has 0 aliphatic carbocycles. The number of nitrogens with zero attached hydrogens (tertiary/aromatic N) is 2. The van der Waals surface area contributed by atoms with Crippen LogP contribution in [0.1, 0.15) is 5.56 Å². The SMILES string of the molecule is COc1cccc2c(OCc3ccccc3)nc(Cl)nc12. The summed E-state index contributed by atoms with van der Waals surface area (Å²) in [5.41, 5.74) is 1.70. The molecule has 0 fully saturated rings. The highest BCUT2D eigenvalue weighted by Gasteiger charge is 2.11. The minimum atomic E-state index is 0.134. The molecule has 0 saturated carbocycles. The molecule has 2 aromatic carbocycles. The molecule has 0 atom stereocenters. The number of para-hydroxylation sites is 1. The zero-order valence-corrected chi connectivity index (χ0v) is 12.2. The summed E-state index contributed by atoms with van der Waals surface area (Å²) >= 11 is 5.98. The van der Waals surface area contributed by atoms with Crippen LogP contribution >= 0.6 is 11.6 Å². The number of ether oxygens (including phenoxy) is 2. The van der Waals surface area contributed by atoms with Crippen molar-refractivity contribution in [3.05, 3.63) is 59.4 Å². The average molecular weight is 301 g/mol. The molecule has 0 bridgehead atoms. The molecule has 1 heterocycles. The van der Waals surface area contributed by atoms with Crippen molar-refractivity contribution in [1.29, 1.82) is 0 Å². The van der Waals surface area contributed by atoms with Gasteiger partial charge in [0.15, 0.2) is 0 Å². The van der Waals surface area contributed by atoms with E-state index in [1.807, 2.05) is 48.5 Å². The van der Waals surface area contributed by atoms with Crippen molar-refractivity contribution in [3.63, 3.8) is 0 Å². The van der Waals surface area contributed by atoms with Gasteiger partial charge in [-0.05, 0) is 29.3 Å². The monoisotopic (exact) mass is 300 g/mol. The molecule has 0 aliphatic heterocycles. The molecule has 0 N–H and O–H groups in total. The predicted octanol–water partition coefficient (Wildman–Crippen LogP) is 3.87. The number of hydrogen-bond acceptors (Lipinski definition) is 4. The van der Waals surface area contributed by atoms with E-state index in [1.165, 1.54) is 0 Å². The van der Waals surface area contributed by atoms with Crippen molar-refractivity contribution in [1.82, 2.24) is 9.97 Å². The van der Waals surface area contributed by atoms with Crippen LogP contribution in [0, 0.1) is 0 Å². The molecule has 0 saturated heterocycles. The lowest BCUT2D eigenvalue weighted by atomic mass is 10.2. The Morgan fingerprint density at radius 2 is 1.81 bits per heavy atom. The minimum absolute atomic E-state index is 0.134. The zero-order valence-electron chi connectivity index (χ0n) is 11.4. The van der Waals surface area contributed by atoms with Crippen molar-refractivity contribution in [2.45, 2.75) is 6.61 Å². The third-order valence-electron chi connectivity index (χ3n) is 3.07. The molecule has 0 amide bonds. The van der Waals surface area contributed by atoms with E-state index >= 15 is 0 Å². The van der Waals surface area contributed by atoms with Crippen molar-refractivity contribution in [2.75, 3.05) is 7.11 Å². The third kappa shape index (κ3) is 2.90. The van der Waals surface area contributed by atoms with Gasteiger partial charge < -0.3 is 9.47 Å². The fraction of sp³-hybridized carbons (Fsp3) is 0.125. The maximum Gasteiger partial charge on any atom is 0.226 e. The van der Waals surface area contributed by atoms with Crippen LogP contribution in [0.2, 0.25) is 5.28 Å². The standard InChI is InChI=1S/C16H13ClN2O2/c1-20-13-9-5-8-12-14(13)18-16(17)19-15(12)21-10-11-6-3-2-4-7-11/h2-9H,10H2,1H3. The van der Waals surface area contributed by atoms with Crippen molar-refractivity contribution >= 4 is 22.5 Å². The fourth-order valence-corrected chi connectivity index (χ4v) is 2.23. The van der Waals surface area contributed by atoms with Gasteiger partial charge in [-0.3, -0.25) is 0 Å². The number of benzene rings is 2. The van der Waals surface area contributed by atoms with Gasteiger partial charge in [0.05, 0.1) is 12.5 Å². The van der Waals surface area contributed by atoms with Crippen LogP contribution in [-0.4, -0.2) is 17.1 Å². The Kier molecular flexibility index (Phi) is 3.88. The first kappa shape index (κ1) is 13.6. The van der Waals surface area contributed by atoms with Crippen LogP contribution < -0.4 is 9.47 Å². The largest absolute Gasteiger partial charge is 0.494 e. The summed E-state index contributed by atoms with van der Waals surface area (Å²) in [6.07, 6.45) is 0. The van der Waals surface area contributed by atoms with Crippen molar-refractivity contribution in [3.8, 4) is 11.6 Å². The molecule has 0 aliphatic rings. The van der Waals surface area contributed by atoms with Crippen molar-refractivity contribution < 1.29 is 9.47 Å². The van der Waals surface area contributed by atoms with Crippen LogP contribution in [0.5, 0.6) is 11.6 Å². The number of hydrogen-bond donors (Lipinski definition) is 0. The average Bonchev–Trinajstić information content (AvgIpc) is 2.53. The molecule has 0 radical (unpaired) electrons. The summed E-state index contributed by atoms with van der Waals surface area (Å²) in [6.45, 7) is 0.417. The van der Waals surface area contributed by atoms with Crippen molar-refractivity contribution in [2.24, 2.45) is 0 Å². The molecule has 21 heavy (non-hydrogen) atoms. The Morgan fingerprint density at radius 1 is 1.00 bits per heavy atom. The van der Waals surface area contributed by atoms with E-state index in [0.717, 1.165) is 10.9 Å². The number of halogens is 1. The molecule has 1 aromatic heterocycles. The first-order chi connectivity index (χ1) is 10.3. The Bertz CT molecular complexity index is 763. The van der Waals surface area contributed by atoms with E-state index in [9.17, 15) is 0 Å². The molecular weight excluding hydrogens is 288 g/mol. The third-order valence-corrected chi connectivity index (χ3v) is 3.23. The highest BCUT2D eigenvalue weighted by Crippen LogP contribution is 2.30. The summed E-state index contributed by atoms with van der Waals surface area (Å²) in [4.78, 5) is 8.38. The summed E-state index contributed by atoms with van der Waals surface area (Å²) < 4.78 is 11.1. The Morgan fingerprint density at radius 3 is 2.57 bits per heavy atom. The van der Waals surface area contributed by atoms with Gasteiger partial charge in [-0.15, -0.1) is 0 Å². The number of fused-ring (bicyclic) bond motifs is 1. The van der Waals surface area contributed by atoms with Gasteiger partial charge in [-0.25, -0.2) is 4.98 Å². The van der Waals surface area contributed by atoms with Gasteiger partial charge in [0.1, 0.15) is 17.9 Å². The number of methoxy groups -OCH3 is 1. The maximum atomic E-state index is 5.98. The lowest BCUT2D eigenvalue weighted by Crippen LogP contribution is -2.00. The van der Waals surface area contributed by atoms with Crippen LogP contribution in [0.3, 0.4) is 0 Å². The van der Waals surface area contributed by atoms with Gasteiger partial charge in [-0.2, -0.15) is 4.98 Å². The second kappa shape index (κ2) is 5.97. The fourth-order valence-electron chi connectivity index (χ4n) is 2.07. The first-order valence-corrected chi connectivity index (χ1v) is 6.82. The van der Waals surface area contributed by atoms with Gasteiger partial charge in [0.2, 0.25) is 11.2 Å². The second-order valence-electron chi connectivity index (χ2n) is 4.43. The Balaban J connectivity index is 1.98. The second-order valence-corrected chi connectivity index (χ2v) is 4.77. The van der Waals surface area contributed by atoms with Gasteiger partial charge in [0.25, 0.3) is 0 Å². The topological polar surface area (TPSA) is 44.2 Å². The molecule has 106 valence electrons. The lowest BCUT2D eigenvalue weighted by Gasteiger charge is -2.10. The summed E-state index contributed by atoms with van der Waals surface area (Å²) in [5, 5.41) is 0.907. The summed E-state index contributed by atoms with van der Waals surface area (Å²) in [5.74, 6) is 1.09. The highest BCUT2D eigenvalue weighted by molar-refractivity contribution is 6.28. The molecular formula is C16H13ClN2O2. The molecule has 3 aromatic rings. The summed E-state index contributed by atoms with van der Waals surface area (Å²) in [6, 6.07) is 15.5. The minimum Gasteiger partial charge on any atom is -0.494 e. The molecule has 3 rings (SSSR count). The molecule has 0 spiro atoms. The Labute approximate surface area is 127 Å². The lowest BCUT2D eigenvalue weighted by molar-refractivity contribution is 0.297. The zero-order chi connectivity index (χ0) is 14.7. The molecule has 5 heteroatoms. The first-order valence-electron chi connectivity index (χ1n) is 6.45. The van der Waals surface area contributed by atoms with E-state index in [0.29, 0.717) is 23.8 Å². The highest BCUT2D eigenvalue weighted by atomic mass is 35.5. The normalized spacial score (nSPS) is 10.6. The summed E-state index contributed by atoms with van der Waals surface area (Å²) in [7, 11) is 1.59. The quantitative estimate of drug-likeness (QED) is 0.686. The smallest absolute Gasteiger partial charge is 0.226 e. The van der Waals surface area contributed by atoms with E-state index in [-0.39, 0.29) is 5.28 Å². The van der Waals surface area contributed by atoms with Gasteiger partial charge >= 0.3 is 0 Å². The van der Waals surface area contributed by atoms with E-state index in [1.54, 1.807) is 7.11 Å². The van der Waals surface area contributed by atoms with Crippen LogP contribution in [0.4, 0.5) is 0 Å². The van der Waals surface area contributed by atoms with Crippen LogP contribution in [0.15, 0.2) is 48.5 Å². The van der Waals surface area contributed by atoms with Crippen LogP contribution in [0.25, 0.3) is 10.9 Å². The molecule has 4 nitrogen and oxygen atoms in total. The van der Waals surface area contributed by atoms with Crippen LogP contribution in [-0.2, 0) is 6.61 Å². The predicted molar refractivity (Wildman–Crippen MR) is 81.9 cm³/mol. The van der Waals surface area contributed by atoms with E-state index < -0.39 is 0 Å². The molecule has 0 unspecified atom stereocenters. The van der Waals surface area contributed by atoms with Gasteiger partial charge in [-0.1, -0.05) is 36.4 Å².